The maximum atomic E-state index is 13.2. The van der Waals surface area contributed by atoms with Crippen molar-refractivity contribution in [3.63, 3.8) is 0 Å². The zero-order valence-corrected chi connectivity index (χ0v) is 20.9. The number of ether oxygens (including phenoxy) is 3. The van der Waals surface area contributed by atoms with Gasteiger partial charge in [0.2, 0.25) is 11.7 Å². The Kier molecular flexibility index (Phi) is 9.55. The molecule has 0 saturated carbocycles. The number of methoxy groups -OCH3 is 2. The molecular formula is C24H30Cl2N2O5. The van der Waals surface area contributed by atoms with Gasteiger partial charge in [-0.3, -0.25) is 4.79 Å². The van der Waals surface area contributed by atoms with Crippen molar-refractivity contribution in [2.24, 2.45) is 0 Å². The predicted molar refractivity (Wildman–Crippen MR) is 128 cm³/mol. The van der Waals surface area contributed by atoms with Gasteiger partial charge in [-0.2, -0.15) is 0 Å². The van der Waals surface area contributed by atoms with Crippen molar-refractivity contribution in [2.45, 2.75) is 44.6 Å². The molecule has 7 nitrogen and oxygen atoms in total. The van der Waals surface area contributed by atoms with E-state index >= 15 is 0 Å². The molecule has 1 unspecified atom stereocenters. The first-order chi connectivity index (χ1) is 15.5. The van der Waals surface area contributed by atoms with E-state index in [4.69, 9.17) is 37.4 Å². The second kappa shape index (κ2) is 11.7. The average molecular weight is 497 g/mol. The van der Waals surface area contributed by atoms with Crippen LogP contribution in [0.5, 0.6) is 0 Å². The number of hydrogen-bond donors (Lipinski definition) is 2. The molecule has 0 fully saturated rings. The molecule has 2 aromatic rings. The SMILES string of the molecule is COC(CNC(=O)C(Cc1ccccc1)NC(=O)OC(C)(C)C)(OC)c1ccc(Cl)cc1Cl. The lowest BCUT2D eigenvalue weighted by molar-refractivity contribution is -0.212. The summed E-state index contributed by atoms with van der Waals surface area (Å²) in [5.41, 5.74) is 0.669. The fraction of sp³-hybridized carbons (Fsp3) is 0.417. The molecule has 1 atom stereocenters. The van der Waals surface area contributed by atoms with Crippen LogP contribution in [0.2, 0.25) is 10.0 Å². The summed E-state index contributed by atoms with van der Waals surface area (Å²) in [6.07, 6.45) is -0.426. The molecule has 2 amide bonds. The van der Waals surface area contributed by atoms with E-state index in [-0.39, 0.29) is 13.0 Å². The Bertz CT molecular complexity index is 944. The number of amides is 2. The molecule has 0 aliphatic rings. The molecule has 0 saturated heterocycles. The van der Waals surface area contributed by atoms with Crippen molar-refractivity contribution in [2.75, 3.05) is 20.8 Å². The van der Waals surface area contributed by atoms with Crippen molar-refractivity contribution in [3.8, 4) is 0 Å². The van der Waals surface area contributed by atoms with Crippen LogP contribution in [0.15, 0.2) is 48.5 Å². The summed E-state index contributed by atoms with van der Waals surface area (Å²) in [6.45, 7) is 5.18. The van der Waals surface area contributed by atoms with Crippen LogP contribution in [0.4, 0.5) is 4.79 Å². The smallest absolute Gasteiger partial charge is 0.408 e. The summed E-state index contributed by atoms with van der Waals surface area (Å²) in [5.74, 6) is -1.80. The van der Waals surface area contributed by atoms with Gasteiger partial charge in [0.25, 0.3) is 0 Å². The molecule has 0 aliphatic heterocycles. The molecule has 2 N–H and O–H groups in total. The number of nitrogens with one attached hydrogen (secondary N) is 2. The highest BCUT2D eigenvalue weighted by Gasteiger charge is 2.36. The molecule has 0 aliphatic carbocycles. The van der Waals surface area contributed by atoms with Gasteiger partial charge in [-0.05, 0) is 38.5 Å². The Hall–Kier alpha value is -2.32. The second-order valence-electron chi connectivity index (χ2n) is 8.39. The highest BCUT2D eigenvalue weighted by atomic mass is 35.5. The van der Waals surface area contributed by atoms with E-state index in [1.165, 1.54) is 14.2 Å². The molecule has 0 aromatic heterocycles. The van der Waals surface area contributed by atoms with Gasteiger partial charge in [-0.25, -0.2) is 4.79 Å². The van der Waals surface area contributed by atoms with Gasteiger partial charge < -0.3 is 24.8 Å². The highest BCUT2D eigenvalue weighted by Crippen LogP contribution is 2.33. The summed E-state index contributed by atoms with van der Waals surface area (Å²) in [4.78, 5) is 25.5. The van der Waals surface area contributed by atoms with E-state index in [9.17, 15) is 9.59 Å². The lowest BCUT2D eigenvalue weighted by Gasteiger charge is -2.33. The second-order valence-corrected chi connectivity index (χ2v) is 9.24. The van der Waals surface area contributed by atoms with E-state index in [1.54, 1.807) is 39.0 Å². The first kappa shape index (κ1) is 26.9. The van der Waals surface area contributed by atoms with Gasteiger partial charge in [0.1, 0.15) is 11.6 Å². The van der Waals surface area contributed by atoms with E-state index in [2.05, 4.69) is 10.6 Å². The summed E-state index contributed by atoms with van der Waals surface area (Å²) in [6, 6.07) is 13.3. The highest BCUT2D eigenvalue weighted by molar-refractivity contribution is 6.35. The van der Waals surface area contributed by atoms with Crippen molar-refractivity contribution in [3.05, 3.63) is 69.7 Å². The number of carbonyl (C=O) groups is 2. The topological polar surface area (TPSA) is 85.9 Å². The standard InChI is InChI=1S/C24H30Cl2N2O5/c1-23(2,3)33-22(30)28-20(13-16-9-7-6-8-10-16)21(29)27-15-24(31-4,32-5)18-12-11-17(25)14-19(18)26/h6-12,14,20H,13,15H2,1-5H3,(H,27,29)(H,28,30). The van der Waals surface area contributed by atoms with Crippen LogP contribution in [-0.2, 0) is 31.2 Å². The van der Waals surface area contributed by atoms with Gasteiger partial charge in [-0.1, -0.05) is 59.6 Å². The minimum atomic E-state index is -1.36. The summed E-state index contributed by atoms with van der Waals surface area (Å²) in [5, 5.41) is 6.24. The first-order valence-electron chi connectivity index (χ1n) is 10.4. The molecule has 2 rings (SSSR count). The van der Waals surface area contributed by atoms with Crippen LogP contribution in [-0.4, -0.2) is 44.4 Å². The number of benzene rings is 2. The number of rotatable bonds is 9. The maximum absolute atomic E-state index is 13.2. The zero-order valence-electron chi connectivity index (χ0n) is 19.4. The zero-order chi connectivity index (χ0) is 24.6. The average Bonchev–Trinajstić information content (AvgIpc) is 2.74. The molecular weight excluding hydrogens is 467 g/mol. The maximum Gasteiger partial charge on any atom is 0.408 e. The first-order valence-corrected chi connectivity index (χ1v) is 11.1. The van der Waals surface area contributed by atoms with Crippen LogP contribution < -0.4 is 10.6 Å². The van der Waals surface area contributed by atoms with Crippen LogP contribution in [0, 0.1) is 0 Å². The Morgan fingerprint density at radius 1 is 1.00 bits per heavy atom. The molecule has 0 bridgehead atoms. The summed E-state index contributed by atoms with van der Waals surface area (Å²) >= 11 is 12.4. The van der Waals surface area contributed by atoms with Gasteiger partial charge >= 0.3 is 6.09 Å². The van der Waals surface area contributed by atoms with Crippen molar-refractivity contribution in [1.29, 1.82) is 0 Å². The van der Waals surface area contributed by atoms with E-state index < -0.39 is 29.4 Å². The largest absolute Gasteiger partial charge is 0.444 e. The Labute approximate surface area is 204 Å². The van der Waals surface area contributed by atoms with Gasteiger partial charge in [0.05, 0.1) is 11.6 Å². The molecule has 0 spiro atoms. The number of hydrogen-bond acceptors (Lipinski definition) is 5. The van der Waals surface area contributed by atoms with Gasteiger partial charge in [0, 0.05) is 31.2 Å². The fourth-order valence-electron chi connectivity index (χ4n) is 3.18. The van der Waals surface area contributed by atoms with E-state index in [1.807, 2.05) is 30.3 Å². The minimum Gasteiger partial charge on any atom is -0.444 e. The molecule has 2 aromatic carbocycles. The van der Waals surface area contributed by atoms with Crippen molar-refractivity contribution >= 4 is 35.2 Å². The molecule has 180 valence electrons. The van der Waals surface area contributed by atoms with E-state index in [0.717, 1.165) is 5.56 Å². The lowest BCUT2D eigenvalue weighted by atomic mass is 10.0. The van der Waals surface area contributed by atoms with Gasteiger partial charge in [-0.15, -0.1) is 0 Å². The Morgan fingerprint density at radius 3 is 2.18 bits per heavy atom. The van der Waals surface area contributed by atoms with Crippen LogP contribution in [0.25, 0.3) is 0 Å². The third kappa shape index (κ3) is 7.89. The quantitative estimate of drug-likeness (QED) is 0.491. The summed E-state index contributed by atoms with van der Waals surface area (Å²) in [7, 11) is 2.89. The van der Waals surface area contributed by atoms with Crippen LogP contribution in [0.3, 0.4) is 0 Å². The van der Waals surface area contributed by atoms with Crippen molar-refractivity contribution < 1.29 is 23.8 Å². The van der Waals surface area contributed by atoms with Gasteiger partial charge in [0.15, 0.2) is 0 Å². The predicted octanol–water partition coefficient (Wildman–Crippen LogP) is 4.69. The number of alkyl carbamates (subject to hydrolysis) is 1. The van der Waals surface area contributed by atoms with Crippen LogP contribution >= 0.6 is 23.2 Å². The summed E-state index contributed by atoms with van der Waals surface area (Å²) < 4.78 is 16.6. The molecule has 33 heavy (non-hydrogen) atoms. The normalized spacial score (nSPS) is 12.7. The fourth-order valence-corrected chi connectivity index (χ4v) is 3.73. The third-order valence-corrected chi connectivity index (χ3v) is 5.33. The monoisotopic (exact) mass is 496 g/mol. The van der Waals surface area contributed by atoms with Crippen LogP contribution in [0.1, 0.15) is 31.9 Å². The minimum absolute atomic E-state index is 0.0680. The number of halogens is 2. The Morgan fingerprint density at radius 2 is 1.64 bits per heavy atom. The molecule has 9 heteroatoms. The Balaban J connectivity index is 2.22. The number of carbonyl (C=O) groups excluding carboxylic acids is 2. The third-order valence-electron chi connectivity index (χ3n) is 4.79. The van der Waals surface area contributed by atoms with E-state index in [0.29, 0.717) is 15.6 Å². The molecule has 0 radical (unpaired) electrons. The van der Waals surface area contributed by atoms with Crippen molar-refractivity contribution in [1.82, 2.24) is 10.6 Å². The molecule has 0 heterocycles. The lowest BCUT2D eigenvalue weighted by Crippen LogP contribution is -2.52.